The van der Waals surface area contributed by atoms with Crippen molar-refractivity contribution < 1.29 is 19.3 Å². The lowest BCUT2D eigenvalue weighted by atomic mass is 10.1. The Bertz CT molecular complexity index is 1190. The molecule has 2 aromatic carbocycles. The van der Waals surface area contributed by atoms with Crippen LogP contribution in [-0.2, 0) is 4.74 Å². The maximum atomic E-state index is 14.6. The fourth-order valence-electron chi connectivity index (χ4n) is 3.43. The summed E-state index contributed by atoms with van der Waals surface area (Å²) in [4.78, 5) is 18.9. The third-order valence-corrected chi connectivity index (χ3v) is 4.96. The second-order valence-corrected chi connectivity index (χ2v) is 6.74. The Balaban J connectivity index is 1.64. The van der Waals surface area contributed by atoms with Gasteiger partial charge in [-0.25, -0.2) is 9.18 Å². The molecule has 1 aliphatic rings. The molecule has 1 saturated heterocycles. The highest BCUT2D eigenvalue weighted by atomic mass is 19.1. The van der Waals surface area contributed by atoms with Crippen molar-refractivity contribution in [3.05, 3.63) is 75.7 Å². The largest absolute Gasteiger partial charge is 0.393 e. The van der Waals surface area contributed by atoms with Crippen molar-refractivity contribution in [2.45, 2.75) is 24.2 Å². The molecule has 0 radical (unpaired) electrons. The maximum absolute atomic E-state index is 14.6. The summed E-state index contributed by atoms with van der Waals surface area (Å²) in [5.74, 6) is 0.227. The summed E-state index contributed by atoms with van der Waals surface area (Å²) < 4.78 is 20.7. The van der Waals surface area contributed by atoms with E-state index in [1.807, 2.05) is 42.5 Å². The van der Waals surface area contributed by atoms with Crippen molar-refractivity contribution >= 4 is 22.3 Å². The summed E-state index contributed by atoms with van der Waals surface area (Å²) >= 11 is 0. The predicted molar refractivity (Wildman–Crippen MR) is 106 cm³/mol. The van der Waals surface area contributed by atoms with Gasteiger partial charge < -0.3 is 20.3 Å². The van der Waals surface area contributed by atoms with Crippen molar-refractivity contribution in [1.29, 1.82) is 0 Å². The van der Waals surface area contributed by atoms with E-state index in [0.29, 0.717) is 0 Å². The molecule has 3 N–H and O–H groups in total. The van der Waals surface area contributed by atoms with Gasteiger partial charge in [0.2, 0.25) is 5.72 Å². The highest BCUT2D eigenvalue weighted by Gasteiger charge is 2.56. The van der Waals surface area contributed by atoms with Crippen LogP contribution in [0.3, 0.4) is 0 Å². The minimum atomic E-state index is -2.22. The van der Waals surface area contributed by atoms with Crippen LogP contribution in [0.5, 0.6) is 0 Å². The number of ether oxygens (including phenoxy) is 1. The molecule has 0 bridgehead atoms. The quantitative estimate of drug-likeness (QED) is 0.333. The van der Waals surface area contributed by atoms with E-state index < -0.39 is 36.5 Å². The minimum Gasteiger partial charge on any atom is -0.393 e. The van der Waals surface area contributed by atoms with Gasteiger partial charge in [0.15, 0.2) is 12.4 Å². The predicted octanol–water partition coefficient (Wildman–Crippen LogP) is 2.37. The van der Waals surface area contributed by atoms with Crippen LogP contribution in [0.15, 0.2) is 64.6 Å². The van der Waals surface area contributed by atoms with E-state index in [-0.39, 0.29) is 5.82 Å². The van der Waals surface area contributed by atoms with Crippen LogP contribution in [0.2, 0.25) is 0 Å². The third kappa shape index (κ3) is 3.25. The van der Waals surface area contributed by atoms with Crippen LogP contribution < -0.4 is 11.0 Å². The molecule has 0 saturated carbocycles. The summed E-state index contributed by atoms with van der Waals surface area (Å²) in [6.07, 6.45) is -4.46. The molecule has 4 atom stereocenters. The molecule has 1 aromatic heterocycles. The van der Waals surface area contributed by atoms with Gasteiger partial charge in [-0.3, -0.25) is 4.57 Å². The summed E-state index contributed by atoms with van der Waals surface area (Å²) in [6.45, 7) is -0.960. The molecule has 11 heteroatoms. The summed E-state index contributed by atoms with van der Waals surface area (Å²) in [7, 11) is 0. The average Bonchev–Trinajstić information content (AvgIpc) is 3.00. The monoisotopic (exact) mass is 412 g/mol. The minimum absolute atomic E-state index is 0.227. The lowest BCUT2D eigenvalue weighted by Crippen LogP contribution is -2.43. The van der Waals surface area contributed by atoms with Crippen molar-refractivity contribution in [2.75, 3.05) is 11.9 Å². The number of benzene rings is 2. The first-order chi connectivity index (χ1) is 14.5. The highest BCUT2D eigenvalue weighted by Crippen LogP contribution is 2.39. The molecule has 1 fully saturated rings. The first-order valence-electron chi connectivity index (χ1n) is 9.00. The van der Waals surface area contributed by atoms with Gasteiger partial charge in [0, 0.05) is 22.2 Å². The van der Waals surface area contributed by atoms with Gasteiger partial charge in [-0.05, 0) is 23.1 Å². The summed E-state index contributed by atoms with van der Waals surface area (Å²) in [6, 6.07) is 14.8. The fourth-order valence-corrected chi connectivity index (χ4v) is 3.43. The van der Waals surface area contributed by atoms with E-state index in [4.69, 9.17) is 10.3 Å². The van der Waals surface area contributed by atoms with E-state index in [1.54, 1.807) is 0 Å². The molecule has 0 unspecified atom stereocenters. The zero-order valence-electron chi connectivity index (χ0n) is 15.5. The van der Waals surface area contributed by atoms with Crippen molar-refractivity contribution in [3.8, 4) is 0 Å². The van der Waals surface area contributed by atoms with E-state index in [0.717, 1.165) is 21.0 Å². The van der Waals surface area contributed by atoms with Crippen molar-refractivity contribution in [2.24, 2.45) is 5.11 Å². The molecule has 3 aromatic rings. The third-order valence-electron chi connectivity index (χ3n) is 4.96. The topological polar surface area (TPSA) is 145 Å². The number of nitrogens with zero attached hydrogens (tertiary/aromatic N) is 5. The van der Waals surface area contributed by atoms with Gasteiger partial charge in [-0.15, -0.1) is 0 Å². The maximum Gasteiger partial charge on any atom is 0.351 e. The second-order valence-electron chi connectivity index (χ2n) is 6.74. The Hall–Kier alpha value is -3.50. The average molecular weight is 412 g/mol. The molecule has 0 aliphatic carbocycles. The van der Waals surface area contributed by atoms with Crippen LogP contribution >= 0.6 is 0 Å². The number of nitrogens with one attached hydrogen (secondary N) is 1. The molecule has 154 valence electrons. The summed E-state index contributed by atoms with van der Waals surface area (Å²) in [5, 5.41) is 27.6. The van der Waals surface area contributed by atoms with Crippen LogP contribution in [0.1, 0.15) is 6.23 Å². The lowest BCUT2D eigenvalue weighted by molar-refractivity contribution is -0.124. The zero-order chi connectivity index (χ0) is 21.3. The van der Waals surface area contributed by atoms with Gasteiger partial charge in [0.05, 0.1) is 6.61 Å². The van der Waals surface area contributed by atoms with E-state index in [9.17, 15) is 19.4 Å². The van der Waals surface area contributed by atoms with Gasteiger partial charge in [0.1, 0.15) is 11.9 Å². The zero-order valence-corrected chi connectivity index (χ0v) is 15.5. The number of fused-ring (bicyclic) bond motifs is 1. The molecular weight excluding hydrogens is 395 g/mol. The molecule has 1 aliphatic heterocycles. The van der Waals surface area contributed by atoms with Crippen LogP contribution in [0, 0.1) is 0 Å². The first-order valence-corrected chi connectivity index (χ1v) is 9.00. The summed E-state index contributed by atoms with van der Waals surface area (Å²) in [5.41, 5.74) is 6.29. The van der Waals surface area contributed by atoms with E-state index >= 15 is 0 Å². The van der Waals surface area contributed by atoms with Crippen LogP contribution in [0.4, 0.5) is 15.9 Å². The molecule has 0 amide bonds. The molecule has 2 heterocycles. The number of alkyl halides is 1. The number of aliphatic hydroxyl groups excluding tert-OH is 2. The smallest absolute Gasteiger partial charge is 0.351 e. The molecule has 30 heavy (non-hydrogen) atoms. The van der Waals surface area contributed by atoms with Crippen LogP contribution in [0.25, 0.3) is 21.2 Å². The highest BCUT2D eigenvalue weighted by molar-refractivity contribution is 5.95. The number of aliphatic hydroxyl groups is 2. The van der Waals surface area contributed by atoms with Gasteiger partial charge in [-0.1, -0.05) is 41.5 Å². The van der Waals surface area contributed by atoms with E-state index in [1.165, 1.54) is 12.3 Å². The Morgan fingerprint density at radius 2 is 2.07 bits per heavy atom. The van der Waals surface area contributed by atoms with E-state index in [2.05, 4.69) is 20.3 Å². The fraction of sp³-hybridized carbons (Fsp3) is 0.263. The number of azide groups is 1. The van der Waals surface area contributed by atoms with Gasteiger partial charge >= 0.3 is 5.69 Å². The van der Waals surface area contributed by atoms with Gasteiger partial charge in [-0.2, -0.15) is 4.98 Å². The Morgan fingerprint density at radius 1 is 1.30 bits per heavy atom. The molecular formula is C19H17FN6O4. The Labute approximate surface area is 168 Å². The van der Waals surface area contributed by atoms with Crippen molar-refractivity contribution in [3.63, 3.8) is 0 Å². The first kappa shape index (κ1) is 19.8. The normalized spacial score (nSPS) is 25.8. The van der Waals surface area contributed by atoms with Crippen LogP contribution in [-0.4, -0.2) is 44.4 Å². The lowest BCUT2D eigenvalue weighted by Gasteiger charge is -2.23. The standard InChI is InChI=1S/C19H17FN6O4/c20-15-16(28)19(10-27,24-25-21)30-17(15)26-9-8-14(23-18(26)29)22-13-7-3-5-11-4-1-2-6-12(11)13/h1-9,15-17,27-28H,10H2,(H,22,23,29)/t15-,16-,17+,19+/m0/s1. The number of aromatic nitrogens is 2. The number of hydrogen-bond donors (Lipinski definition) is 3. The number of halogens is 1. The molecule has 0 spiro atoms. The second kappa shape index (κ2) is 7.73. The molecule has 4 rings (SSSR count). The number of hydrogen-bond acceptors (Lipinski definition) is 7. The molecule has 10 nitrogen and oxygen atoms in total. The van der Waals surface area contributed by atoms with Gasteiger partial charge in [0.25, 0.3) is 0 Å². The SMILES string of the molecule is [N-]=[N+]=N[C@]1(CO)O[C@@H](n2ccc(Nc3cccc4ccccc34)nc2=O)[C@@H](F)[C@@H]1O. The Kier molecular flexibility index (Phi) is 5.10. The number of rotatable bonds is 5. The van der Waals surface area contributed by atoms with Crippen molar-refractivity contribution in [1.82, 2.24) is 9.55 Å². The Morgan fingerprint density at radius 3 is 2.80 bits per heavy atom. The number of anilines is 2.